The van der Waals surface area contributed by atoms with Crippen molar-refractivity contribution in [2.45, 2.75) is 13.3 Å². The number of amides is 2. The summed E-state index contributed by atoms with van der Waals surface area (Å²) in [5, 5.41) is 0.400. The molecule has 1 saturated heterocycles. The highest BCUT2D eigenvalue weighted by Gasteiger charge is 2.23. The van der Waals surface area contributed by atoms with Gasteiger partial charge in [-0.1, -0.05) is 12.1 Å². The van der Waals surface area contributed by atoms with Gasteiger partial charge in [-0.25, -0.2) is 4.39 Å². The first-order valence-corrected chi connectivity index (χ1v) is 10.6. The van der Waals surface area contributed by atoms with Crippen molar-refractivity contribution in [1.29, 1.82) is 0 Å². The van der Waals surface area contributed by atoms with E-state index < -0.39 is 0 Å². The van der Waals surface area contributed by atoms with Gasteiger partial charge in [0, 0.05) is 56.6 Å². The summed E-state index contributed by atoms with van der Waals surface area (Å²) in [4.78, 5) is 32.0. The maximum absolute atomic E-state index is 13.0. The fourth-order valence-corrected chi connectivity index (χ4v) is 3.88. The van der Waals surface area contributed by atoms with E-state index in [0.717, 1.165) is 17.1 Å². The molecule has 0 radical (unpaired) electrons. The van der Waals surface area contributed by atoms with Gasteiger partial charge in [0.1, 0.15) is 11.6 Å². The monoisotopic (exact) mass is 440 g/mol. The number of aromatic nitrogens is 2. The molecule has 3 aromatic rings. The minimum atomic E-state index is -0.278. The molecule has 1 fully saturated rings. The molecule has 1 aliphatic rings. The number of nitrogens with zero attached hydrogens (tertiary/aromatic N) is 4. The van der Waals surface area contributed by atoms with Gasteiger partial charge < -0.3 is 14.5 Å². The van der Waals surface area contributed by atoms with Crippen molar-refractivity contribution in [1.82, 2.24) is 19.2 Å². The van der Waals surface area contributed by atoms with E-state index in [0.29, 0.717) is 54.9 Å². The van der Waals surface area contributed by atoms with Crippen molar-refractivity contribution in [3.63, 3.8) is 0 Å². The highest BCUT2D eigenvalue weighted by atomic mass is 32.1. The topological polar surface area (TPSA) is 75.6 Å². The lowest BCUT2D eigenvalue weighted by Gasteiger charge is -2.34. The van der Waals surface area contributed by atoms with Crippen molar-refractivity contribution in [3.8, 4) is 10.9 Å². The van der Waals surface area contributed by atoms with Crippen molar-refractivity contribution in [3.05, 3.63) is 71.3 Å². The lowest BCUT2D eigenvalue weighted by Crippen LogP contribution is -2.50. The first kappa shape index (κ1) is 20.9. The minimum Gasteiger partial charge on any atom is -0.430 e. The molecule has 1 aromatic heterocycles. The number of halogens is 1. The number of carbonyl (C=O) groups is 2. The Morgan fingerprint density at radius 3 is 2.29 bits per heavy atom. The predicted molar refractivity (Wildman–Crippen MR) is 114 cm³/mol. The van der Waals surface area contributed by atoms with Gasteiger partial charge in [-0.15, -0.1) is 0 Å². The lowest BCUT2D eigenvalue weighted by molar-refractivity contribution is -0.130. The molecule has 0 saturated carbocycles. The van der Waals surface area contributed by atoms with Gasteiger partial charge >= 0.3 is 0 Å². The number of hydrogen-bond donors (Lipinski definition) is 0. The number of benzene rings is 2. The van der Waals surface area contributed by atoms with Crippen LogP contribution in [-0.2, 0) is 11.2 Å². The molecule has 0 bridgehead atoms. The molecule has 0 unspecified atom stereocenters. The van der Waals surface area contributed by atoms with E-state index in [2.05, 4.69) is 9.36 Å². The van der Waals surface area contributed by atoms with E-state index in [1.165, 1.54) is 12.1 Å². The zero-order valence-electron chi connectivity index (χ0n) is 17.0. The van der Waals surface area contributed by atoms with Gasteiger partial charge in [-0.3, -0.25) is 9.59 Å². The van der Waals surface area contributed by atoms with Gasteiger partial charge in [0.2, 0.25) is 5.91 Å². The number of rotatable bonds is 5. The Balaban J connectivity index is 1.33. The second kappa shape index (κ2) is 9.22. The molecule has 160 valence electrons. The second-order valence-electron chi connectivity index (χ2n) is 7.20. The fourth-order valence-electron chi connectivity index (χ4n) is 3.31. The van der Waals surface area contributed by atoms with Crippen molar-refractivity contribution in [2.75, 3.05) is 26.2 Å². The summed E-state index contributed by atoms with van der Waals surface area (Å²) in [5.74, 6) is 0.850. The smallest absolute Gasteiger partial charge is 0.298 e. The maximum atomic E-state index is 13.0. The molecule has 2 amide bonds. The third kappa shape index (κ3) is 5.24. The van der Waals surface area contributed by atoms with Crippen LogP contribution in [0.25, 0.3) is 0 Å². The van der Waals surface area contributed by atoms with Crippen LogP contribution in [0.5, 0.6) is 10.9 Å². The third-order valence-electron chi connectivity index (χ3n) is 5.04. The van der Waals surface area contributed by atoms with Crippen LogP contribution in [0.1, 0.15) is 28.7 Å². The van der Waals surface area contributed by atoms with Crippen LogP contribution in [0.2, 0.25) is 0 Å². The fraction of sp³-hybridized carbons (Fsp3) is 0.273. The third-order valence-corrected chi connectivity index (χ3v) is 5.68. The molecule has 1 aliphatic heterocycles. The number of hydrogen-bond acceptors (Lipinski definition) is 6. The molecule has 4 rings (SSSR count). The van der Waals surface area contributed by atoms with E-state index in [1.54, 1.807) is 53.1 Å². The summed E-state index contributed by atoms with van der Waals surface area (Å²) >= 11 is 1.14. The summed E-state index contributed by atoms with van der Waals surface area (Å²) in [7, 11) is 0. The summed E-state index contributed by atoms with van der Waals surface area (Å²) in [6, 6.07) is 13.1. The lowest BCUT2D eigenvalue weighted by atomic mass is 10.1. The van der Waals surface area contributed by atoms with Crippen LogP contribution in [0.4, 0.5) is 4.39 Å². The molecule has 2 heterocycles. The van der Waals surface area contributed by atoms with Crippen LogP contribution >= 0.6 is 11.5 Å². The standard InChI is InChI=1S/C22H21FN4O3S/c1-15(28)26-10-12-27(13-11-26)21(29)17-4-8-19(9-5-17)30-22-24-20(25-31-22)14-16-2-6-18(23)7-3-16/h2-9H,10-14H2,1H3. The van der Waals surface area contributed by atoms with Crippen LogP contribution < -0.4 is 4.74 Å². The van der Waals surface area contributed by atoms with E-state index in [1.807, 2.05) is 0 Å². The highest BCUT2D eigenvalue weighted by molar-refractivity contribution is 7.07. The first-order valence-electron chi connectivity index (χ1n) is 9.87. The van der Waals surface area contributed by atoms with E-state index in [9.17, 15) is 14.0 Å². The van der Waals surface area contributed by atoms with Gasteiger partial charge in [0.15, 0.2) is 5.82 Å². The van der Waals surface area contributed by atoms with Gasteiger partial charge in [0.25, 0.3) is 11.1 Å². The Bertz CT molecular complexity index is 1060. The summed E-state index contributed by atoms with van der Waals surface area (Å²) in [6.45, 7) is 3.70. The van der Waals surface area contributed by atoms with Crippen LogP contribution in [-0.4, -0.2) is 57.2 Å². The molecule has 7 nitrogen and oxygen atoms in total. The highest BCUT2D eigenvalue weighted by Crippen LogP contribution is 2.24. The van der Waals surface area contributed by atoms with E-state index in [-0.39, 0.29) is 17.6 Å². The van der Waals surface area contributed by atoms with Crippen LogP contribution in [0, 0.1) is 5.82 Å². The molecule has 0 aliphatic carbocycles. The van der Waals surface area contributed by atoms with Crippen LogP contribution in [0.3, 0.4) is 0 Å². The molecule has 2 aromatic carbocycles. The first-order chi connectivity index (χ1) is 15.0. The largest absolute Gasteiger partial charge is 0.430 e. The molecule has 0 atom stereocenters. The summed E-state index contributed by atoms with van der Waals surface area (Å²) in [5.41, 5.74) is 1.48. The van der Waals surface area contributed by atoms with Crippen molar-refractivity contribution in [2.24, 2.45) is 0 Å². The normalized spacial score (nSPS) is 13.9. The maximum Gasteiger partial charge on any atom is 0.298 e. The average Bonchev–Trinajstić information content (AvgIpc) is 3.22. The summed E-state index contributed by atoms with van der Waals surface area (Å²) < 4.78 is 23.0. The van der Waals surface area contributed by atoms with Gasteiger partial charge in [-0.2, -0.15) is 9.36 Å². The van der Waals surface area contributed by atoms with Crippen LogP contribution in [0.15, 0.2) is 48.5 Å². The van der Waals surface area contributed by atoms with E-state index in [4.69, 9.17) is 4.74 Å². The Kier molecular flexibility index (Phi) is 6.22. The minimum absolute atomic E-state index is 0.0334. The van der Waals surface area contributed by atoms with Crippen molar-refractivity contribution < 1.29 is 18.7 Å². The second-order valence-corrected chi connectivity index (χ2v) is 7.92. The zero-order valence-corrected chi connectivity index (χ0v) is 17.8. The van der Waals surface area contributed by atoms with Crippen molar-refractivity contribution >= 4 is 23.3 Å². The Labute approximate surface area is 183 Å². The van der Waals surface area contributed by atoms with Gasteiger partial charge in [0.05, 0.1) is 0 Å². The summed E-state index contributed by atoms with van der Waals surface area (Å²) in [6.07, 6.45) is 0.491. The number of piperazine rings is 1. The molecule has 0 spiro atoms. The molecular weight excluding hydrogens is 419 g/mol. The predicted octanol–water partition coefficient (Wildman–Crippen LogP) is 3.36. The molecule has 9 heteroatoms. The Hall–Kier alpha value is -3.33. The Morgan fingerprint density at radius 1 is 1.00 bits per heavy atom. The molecule has 0 N–H and O–H groups in total. The average molecular weight is 441 g/mol. The molecule has 31 heavy (non-hydrogen) atoms. The Morgan fingerprint density at radius 2 is 1.65 bits per heavy atom. The number of carbonyl (C=O) groups excluding carboxylic acids is 2. The SMILES string of the molecule is CC(=O)N1CCN(C(=O)c2ccc(Oc3nc(Cc4ccc(F)cc4)ns3)cc2)CC1. The van der Waals surface area contributed by atoms with Gasteiger partial charge in [-0.05, 0) is 42.0 Å². The molecular formula is C22H21FN4O3S. The van der Waals surface area contributed by atoms with E-state index >= 15 is 0 Å². The quantitative estimate of drug-likeness (QED) is 0.608. The number of ether oxygens (including phenoxy) is 1. The zero-order chi connectivity index (χ0) is 21.8.